The Hall–Kier alpha value is -1.35. The molecular weight excluding hydrogens is 240 g/mol. The van der Waals surface area contributed by atoms with E-state index in [0.717, 1.165) is 36.1 Å². The first-order chi connectivity index (χ1) is 8.94. The monoisotopic (exact) mass is 260 g/mol. The summed E-state index contributed by atoms with van der Waals surface area (Å²) in [5.74, 6) is 1.01. The number of carbonyl (C=O) groups is 1. The zero-order chi connectivity index (χ0) is 13.6. The van der Waals surface area contributed by atoms with Crippen molar-refractivity contribution in [2.45, 2.75) is 57.8 Å². The second-order valence-electron chi connectivity index (χ2n) is 6.24. The van der Waals surface area contributed by atoms with Crippen LogP contribution in [-0.4, -0.2) is 23.6 Å². The molecule has 2 aliphatic rings. The first-order valence-electron chi connectivity index (χ1n) is 6.96. The van der Waals surface area contributed by atoms with Gasteiger partial charge in [-0.2, -0.15) is 0 Å². The SMILES string of the molecule is CC1CCC(C(=O)c2ccc3c(c2)CC(C)(C)O3)O1. The van der Waals surface area contributed by atoms with E-state index < -0.39 is 0 Å². The molecule has 0 aromatic heterocycles. The van der Waals surface area contributed by atoms with Crippen LogP contribution < -0.4 is 4.74 Å². The normalized spacial score (nSPS) is 27.9. The van der Waals surface area contributed by atoms with Gasteiger partial charge in [0.05, 0.1) is 6.10 Å². The van der Waals surface area contributed by atoms with Crippen molar-refractivity contribution in [1.82, 2.24) is 0 Å². The lowest BCUT2D eigenvalue weighted by atomic mass is 9.97. The molecule has 2 heterocycles. The van der Waals surface area contributed by atoms with Crippen LogP contribution in [0.2, 0.25) is 0 Å². The second kappa shape index (κ2) is 4.34. The maximum atomic E-state index is 12.4. The van der Waals surface area contributed by atoms with Gasteiger partial charge < -0.3 is 9.47 Å². The van der Waals surface area contributed by atoms with Crippen LogP contribution >= 0.6 is 0 Å². The van der Waals surface area contributed by atoms with Crippen molar-refractivity contribution >= 4 is 5.78 Å². The predicted octanol–water partition coefficient (Wildman–Crippen LogP) is 3.15. The molecule has 19 heavy (non-hydrogen) atoms. The molecule has 1 aromatic carbocycles. The molecule has 102 valence electrons. The van der Waals surface area contributed by atoms with Crippen molar-refractivity contribution in [2.24, 2.45) is 0 Å². The van der Waals surface area contributed by atoms with Crippen LogP contribution in [0.3, 0.4) is 0 Å². The van der Waals surface area contributed by atoms with Gasteiger partial charge >= 0.3 is 0 Å². The summed E-state index contributed by atoms with van der Waals surface area (Å²) in [5, 5.41) is 0. The molecule has 0 aliphatic carbocycles. The van der Waals surface area contributed by atoms with E-state index in [1.807, 2.05) is 25.1 Å². The molecule has 0 radical (unpaired) electrons. The van der Waals surface area contributed by atoms with Gasteiger partial charge in [0.25, 0.3) is 0 Å². The minimum absolute atomic E-state index is 0.108. The van der Waals surface area contributed by atoms with Crippen molar-refractivity contribution in [1.29, 1.82) is 0 Å². The number of rotatable bonds is 2. The first kappa shape index (κ1) is 12.7. The van der Waals surface area contributed by atoms with Gasteiger partial charge in [-0.15, -0.1) is 0 Å². The Bertz CT molecular complexity index is 519. The van der Waals surface area contributed by atoms with E-state index in [0.29, 0.717) is 0 Å². The van der Waals surface area contributed by atoms with Crippen LogP contribution in [0, 0.1) is 0 Å². The highest BCUT2D eigenvalue weighted by molar-refractivity contribution is 6.00. The van der Waals surface area contributed by atoms with Crippen molar-refractivity contribution in [3.63, 3.8) is 0 Å². The van der Waals surface area contributed by atoms with Gasteiger partial charge in [0.2, 0.25) is 0 Å². The summed E-state index contributed by atoms with van der Waals surface area (Å²) in [4.78, 5) is 12.4. The number of benzene rings is 1. The molecule has 1 aromatic rings. The van der Waals surface area contributed by atoms with Crippen molar-refractivity contribution in [3.05, 3.63) is 29.3 Å². The molecule has 2 atom stereocenters. The summed E-state index contributed by atoms with van der Waals surface area (Å²) >= 11 is 0. The van der Waals surface area contributed by atoms with Gasteiger partial charge in [-0.05, 0) is 57.4 Å². The molecule has 3 rings (SSSR count). The van der Waals surface area contributed by atoms with Crippen LogP contribution in [-0.2, 0) is 11.2 Å². The molecule has 0 bridgehead atoms. The summed E-state index contributed by atoms with van der Waals surface area (Å²) < 4.78 is 11.5. The first-order valence-corrected chi connectivity index (χ1v) is 6.96. The topological polar surface area (TPSA) is 35.5 Å². The molecule has 1 fully saturated rings. The van der Waals surface area contributed by atoms with E-state index in [1.54, 1.807) is 0 Å². The minimum Gasteiger partial charge on any atom is -0.487 e. The van der Waals surface area contributed by atoms with E-state index in [4.69, 9.17) is 9.47 Å². The van der Waals surface area contributed by atoms with E-state index in [1.165, 1.54) is 0 Å². The summed E-state index contributed by atoms with van der Waals surface area (Å²) in [7, 11) is 0. The molecule has 0 saturated carbocycles. The average molecular weight is 260 g/mol. The molecule has 3 nitrogen and oxygen atoms in total. The largest absolute Gasteiger partial charge is 0.487 e. The van der Waals surface area contributed by atoms with Gasteiger partial charge in [-0.3, -0.25) is 4.79 Å². The molecule has 2 unspecified atom stereocenters. The zero-order valence-corrected chi connectivity index (χ0v) is 11.7. The number of Topliss-reactive ketones (excluding diaryl/α,β-unsaturated/α-hetero) is 1. The molecule has 0 spiro atoms. The van der Waals surface area contributed by atoms with Gasteiger partial charge in [0.15, 0.2) is 5.78 Å². The van der Waals surface area contributed by atoms with Crippen LogP contribution in [0.1, 0.15) is 49.5 Å². The van der Waals surface area contributed by atoms with E-state index >= 15 is 0 Å². The van der Waals surface area contributed by atoms with Crippen molar-refractivity contribution in [2.75, 3.05) is 0 Å². The van der Waals surface area contributed by atoms with Gasteiger partial charge in [-0.1, -0.05) is 0 Å². The fourth-order valence-electron chi connectivity index (χ4n) is 2.94. The maximum Gasteiger partial charge on any atom is 0.191 e. The number of hydrogen-bond acceptors (Lipinski definition) is 3. The average Bonchev–Trinajstić information content (AvgIpc) is 2.88. The third kappa shape index (κ3) is 2.39. The second-order valence-corrected chi connectivity index (χ2v) is 6.24. The number of hydrogen-bond donors (Lipinski definition) is 0. The fraction of sp³-hybridized carbons (Fsp3) is 0.562. The highest BCUT2D eigenvalue weighted by Gasteiger charge is 2.32. The van der Waals surface area contributed by atoms with Crippen LogP contribution in [0.15, 0.2) is 18.2 Å². The quantitative estimate of drug-likeness (QED) is 0.766. The molecule has 2 aliphatic heterocycles. The van der Waals surface area contributed by atoms with Crippen molar-refractivity contribution < 1.29 is 14.3 Å². The van der Waals surface area contributed by atoms with Crippen LogP contribution in [0.5, 0.6) is 5.75 Å². The minimum atomic E-state index is -0.261. The highest BCUT2D eigenvalue weighted by Crippen LogP contribution is 2.35. The Morgan fingerprint density at radius 3 is 2.79 bits per heavy atom. The van der Waals surface area contributed by atoms with Gasteiger partial charge in [0, 0.05) is 12.0 Å². The standard InChI is InChI=1S/C16H20O3/c1-10-4-6-14(18-10)15(17)11-5-7-13-12(8-11)9-16(2,3)19-13/h5,7-8,10,14H,4,6,9H2,1-3H3. The molecule has 1 saturated heterocycles. The van der Waals surface area contributed by atoms with Gasteiger partial charge in [0.1, 0.15) is 17.5 Å². The molecule has 3 heteroatoms. The zero-order valence-electron chi connectivity index (χ0n) is 11.7. The van der Waals surface area contributed by atoms with Crippen molar-refractivity contribution in [3.8, 4) is 5.75 Å². The smallest absolute Gasteiger partial charge is 0.191 e. The lowest BCUT2D eigenvalue weighted by molar-refractivity contribution is 0.0433. The Morgan fingerprint density at radius 2 is 2.11 bits per heavy atom. The fourth-order valence-corrected chi connectivity index (χ4v) is 2.94. The van der Waals surface area contributed by atoms with E-state index in [-0.39, 0.29) is 23.6 Å². The van der Waals surface area contributed by atoms with E-state index in [9.17, 15) is 4.79 Å². The Kier molecular flexibility index (Phi) is 2.90. The van der Waals surface area contributed by atoms with Crippen LogP contribution in [0.25, 0.3) is 0 Å². The summed E-state index contributed by atoms with van der Waals surface area (Å²) in [5.41, 5.74) is 1.71. The van der Waals surface area contributed by atoms with Gasteiger partial charge in [-0.25, -0.2) is 0 Å². The predicted molar refractivity (Wildman–Crippen MR) is 72.8 cm³/mol. The van der Waals surface area contributed by atoms with E-state index in [2.05, 4.69) is 13.8 Å². The third-order valence-electron chi connectivity index (χ3n) is 3.87. The number of ether oxygens (including phenoxy) is 2. The number of carbonyl (C=O) groups excluding carboxylic acids is 1. The highest BCUT2D eigenvalue weighted by atomic mass is 16.5. The lowest BCUT2D eigenvalue weighted by Crippen LogP contribution is -2.24. The third-order valence-corrected chi connectivity index (χ3v) is 3.87. The lowest BCUT2D eigenvalue weighted by Gasteiger charge is -2.16. The number of fused-ring (bicyclic) bond motifs is 1. The Morgan fingerprint density at radius 1 is 1.32 bits per heavy atom. The maximum absolute atomic E-state index is 12.4. The molecule has 0 amide bonds. The molecular formula is C16H20O3. The summed E-state index contributed by atoms with van der Waals surface area (Å²) in [6, 6.07) is 5.74. The van der Waals surface area contributed by atoms with Crippen LogP contribution in [0.4, 0.5) is 0 Å². The Labute approximate surface area is 113 Å². The number of ketones is 1. The molecule has 0 N–H and O–H groups in total. The Balaban J connectivity index is 1.82. The summed E-state index contributed by atoms with van der Waals surface area (Å²) in [6.45, 7) is 6.15. The summed E-state index contributed by atoms with van der Waals surface area (Å²) in [6.07, 6.45) is 2.59.